The lowest BCUT2D eigenvalue weighted by Crippen LogP contribution is -2.52. The number of nitrogens with zero attached hydrogens (tertiary/aromatic N) is 5. The number of halogens is 1. The number of hydrogen-bond donors (Lipinski definition) is 1. The van der Waals surface area contributed by atoms with Crippen molar-refractivity contribution in [3.05, 3.63) is 34.5 Å². The second kappa shape index (κ2) is 10.3. The standard InChI is InChI=1S/C19H30N6S.HI/c1-5-16-15(17(6-2)23(4)22-16)14-21-19(20-3)25-11-9-24(10-12-25)18-8-7-13-26-18;/h7-8,13H,5-6,9-12,14H2,1-4H3,(H,20,21);1H. The largest absolute Gasteiger partial charge is 0.360 e. The highest BCUT2D eigenvalue weighted by atomic mass is 127. The lowest BCUT2D eigenvalue weighted by atomic mass is 10.1. The van der Waals surface area contributed by atoms with Crippen molar-refractivity contribution in [1.29, 1.82) is 0 Å². The summed E-state index contributed by atoms with van der Waals surface area (Å²) < 4.78 is 2.03. The molecule has 0 unspecified atom stereocenters. The maximum atomic E-state index is 4.67. The SMILES string of the molecule is CCc1nn(C)c(CC)c1CNC(=NC)N1CCN(c2cccs2)CC1.I. The van der Waals surface area contributed by atoms with Crippen LogP contribution in [-0.4, -0.2) is 53.9 Å². The Morgan fingerprint density at radius 2 is 1.96 bits per heavy atom. The summed E-state index contributed by atoms with van der Waals surface area (Å²) in [6.07, 6.45) is 1.96. The highest BCUT2D eigenvalue weighted by molar-refractivity contribution is 14.0. The number of rotatable bonds is 5. The number of aromatic nitrogens is 2. The van der Waals surface area contributed by atoms with E-state index in [1.165, 1.54) is 22.0 Å². The van der Waals surface area contributed by atoms with Crippen LogP contribution in [0.3, 0.4) is 0 Å². The van der Waals surface area contributed by atoms with Gasteiger partial charge in [-0.05, 0) is 30.4 Å². The number of hydrogen-bond acceptors (Lipinski definition) is 4. The lowest BCUT2D eigenvalue weighted by molar-refractivity contribution is 0.373. The lowest BCUT2D eigenvalue weighted by Gasteiger charge is -2.37. The monoisotopic (exact) mass is 502 g/mol. The first-order valence-electron chi connectivity index (χ1n) is 9.45. The fourth-order valence-electron chi connectivity index (χ4n) is 3.68. The van der Waals surface area contributed by atoms with Crippen molar-refractivity contribution in [1.82, 2.24) is 20.0 Å². The summed E-state index contributed by atoms with van der Waals surface area (Å²) in [5.74, 6) is 0.990. The normalized spacial score (nSPS) is 15.0. The Hall–Kier alpha value is -1.29. The van der Waals surface area contributed by atoms with Crippen LogP contribution in [0.5, 0.6) is 0 Å². The van der Waals surface area contributed by atoms with Crippen molar-refractivity contribution >= 4 is 46.3 Å². The van der Waals surface area contributed by atoms with E-state index in [-0.39, 0.29) is 24.0 Å². The predicted octanol–water partition coefficient (Wildman–Crippen LogP) is 3.12. The Kier molecular flexibility index (Phi) is 8.40. The molecule has 2 aromatic rings. The van der Waals surface area contributed by atoms with E-state index < -0.39 is 0 Å². The fraction of sp³-hybridized carbons (Fsp3) is 0.579. The van der Waals surface area contributed by atoms with E-state index in [4.69, 9.17) is 0 Å². The first-order valence-corrected chi connectivity index (χ1v) is 10.3. The number of aliphatic imine (C=N–C) groups is 1. The van der Waals surface area contributed by atoms with Gasteiger partial charge in [-0.3, -0.25) is 9.67 Å². The third-order valence-corrected chi connectivity index (χ3v) is 5.99. The number of aryl methyl sites for hydroxylation is 2. The van der Waals surface area contributed by atoms with Crippen molar-refractivity contribution in [3.8, 4) is 0 Å². The van der Waals surface area contributed by atoms with Gasteiger partial charge < -0.3 is 15.1 Å². The van der Waals surface area contributed by atoms with Crippen molar-refractivity contribution in [2.75, 3.05) is 38.1 Å². The molecule has 0 aliphatic carbocycles. The van der Waals surface area contributed by atoms with Crippen molar-refractivity contribution in [2.24, 2.45) is 12.0 Å². The van der Waals surface area contributed by atoms with Crippen LogP contribution in [0.15, 0.2) is 22.5 Å². The van der Waals surface area contributed by atoms with Gasteiger partial charge in [0.25, 0.3) is 0 Å². The van der Waals surface area contributed by atoms with Gasteiger partial charge in [-0.25, -0.2) is 0 Å². The van der Waals surface area contributed by atoms with Gasteiger partial charge in [0.05, 0.1) is 10.7 Å². The molecule has 0 radical (unpaired) electrons. The summed E-state index contributed by atoms with van der Waals surface area (Å²) in [5.41, 5.74) is 3.83. The van der Waals surface area contributed by atoms with Gasteiger partial charge in [-0.2, -0.15) is 5.10 Å². The molecule has 3 heterocycles. The average Bonchev–Trinajstić information content (AvgIpc) is 3.30. The van der Waals surface area contributed by atoms with Crippen molar-refractivity contribution in [3.63, 3.8) is 0 Å². The van der Waals surface area contributed by atoms with Crippen molar-refractivity contribution < 1.29 is 0 Å². The molecular formula is C19H31IN6S. The summed E-state index contributed by atoms with van der Waals surface area (Å²) in [7, 11) is 3.92. The molecule has 1 N–H and O–H groups in total. The summed E-state index contributed by atoms with van der Waals surface area (Å²) >= 11 is 1.82. The minimum Gasteiger partial charge on any atom is -0.360 e. The maximum absolute atomic E-state index is 4.67. The zero-order valence-electron chi connectivity index (χ0n) is 16.7. The topological polar surface area (TPSA) is 48.7 Å². The van der Waals surface area contributed by atoms with Crippen LogP contribution >= 0.6 is 35.3 Å². The first-order chi connectivity index (χ1) is 12.7. The molecule has 1 aliphatic rings. The van der Waals surface area contributed by atoms with Crippen LogP contribution in [-0.2, 0) is 26.4 Å². The van der Waals surface area contributed by atoms with E-state index in [9.17, 15) is 0 Å². The highest BCUT2D eigenvalue weighted by Crippen LogP contribution is 2.22. The van der Waals surface area contributed by atoms with Gasteiger partial charge in [0.2, 0.25) is 0 Å². The quantitative estimate of drug-likeness (QED) is 0.388. The van der Waals surface area contributed by atoms with Crippen LogP contribution in [0.25, 0.3) is 0 Å². The third kappa shape index (κ3) is 4.96. The fourth-order valence-corrected chi connectivity index (χ4v) is 4.47. The minimum absolute atomic E-state index is 0. The number of anilines is 1. The van der Waals surface area contributed by atoms with Gasteiger partial charge in [-0.1, -0.05) is 13.8 Å². The molecule has 0 atom stereocenters. The number of nitrogens with one attached hydrogen (secondary N) is 1. The van der Waals surface area contributed by atoms with Crippen LogP contribution in [0.1, 0.15) is 30.8 Å². The van der Waals surface area contributed by atoms with Gasteiger partial charge >= 0.3 is 0 Å². The molecule has 8 heteroatoms. The molecule has 0 amide bonds. The number of piperazine rings is 1. The number of thiophene rings is 1. The Morgan fingerprint density at radius 3 is 2.52 bits per heavy atom. The highest BCUT2D eigenvalue weighted by Gasteiger charge is 2.21. The molecule has 1 aliphatic heterocycles. The zero-order valence-corrected chi connectivity index (χ0v) is 19.9. The summed E-state index contributed by atoms with van der Waals surface area (Å²) in [6.45, 7) is 9.21. The van der Waals surface area contributed by atoms with E-state index in [0.29, 0.717) is 0 Å². The Bertz CT molecular complexity index is 732. The predicted molar refractivity (Wildman–Crippen MR) is 126 cm³/mol. The van der Waals surface area contributed by atoms with Crippen LogP contribution in [0.4, 0.5) is 5.00 Å². The van der Waals surface area contributed by atoms with Crippen LogP contribution in [0, 0.1) is 0 Å². The molecule has 0 aromatic carbocycles. The molecule has 0 bridgehead atoms. The van der Waals surface area contributed by atoms with E-state index in [0.717, 1.165) is 51.5 Å². The molecule has 150 valence electrons. The van der Waals surface area contributed by atoms with Gasteiger partial charge in [-0.15, -0.1) is 35.3 Å². The Labute approximate surface area is 183 Å². The minimum atomic E-state index is 0. The second-order valence-electron chi connectivity index (χ2n) is 6.53. The average molecular weight is 502 g/mol. The Morgan fingerprint density at radius 1 is 1.22 bits per heavy atom. The van der Waals surface area contributed by atoms with Gasteiger partial charge in [0.1, 0.15) is 0 Å². The first kappa shape index (κ1) is 22.0. The van der Waals surface area contributed by atoms with Crippen LogP contribution < -0.4 is 10.2 Å². The molecule has 3 rings (SSSR count). The molecule has 0 saturated carbocycles. The van der Waals surface area contributed by atoms with Gasteiger partial charge in [0, 0.05) is 58.1 Å². The molecule has 1 fully saturated rings. The summed E-state index contributed by atoms with van der Waals surface area (Å²) in [6, 6.07) is 4.33. The van der Waals surface area contributed by atoms with E-state index >= 15 is 0 Å². The molecule has 1 saturated heterocycles. The summed E-state index contributed by atoms with van der Waals surface area (Å²) in [5, 5.41) is 11.8. The molecule has 0 spiro atoms. The van der Waals surface area contributed by atoms with Gasteiger partial charge in [0.15, 0.2) is 5.96 Å². The smallest absolute Gasteiger partial charge is 0.194 e. The Balaban J connectivity index is 0.00000261. The van der Waals surface area contributed by atoms with E-state index in [1.807, 2.05) is 30.1 Å². The number of guanidine groups is 1. The molecule has 27 heavy (non-hydrogen) atoms. The second-order valence-corrected chi connectivity index (χ2v) is 7.45. The summed E-state index contributed by atoms with van der Waals surface area (Å²) in [4.78, 5) is 9.34. The van der Waals surface area contributed by atoms with Crippen molar-refractivity contribution in [2.45, 2.75) is 33.2 Å². The zero-order chi connectivity index (χ0) is 18.5. The molecular weight excluding hydrogens is 471 g/mol. The van der Waals surface area contributed by atoms with E-state index in [2.05, 4.69) is 56.6 Å². The molecule has 2 aromatic heterocycles. The maximum Gasteiger partial charge on any atom is 0.194 e. The van der Waals surface area contributed by atoms with E-state index in [1.54, 1.807) is 0 Å². The third-order valence-electron chi connectivity index (χ3n) is 5.06. The molecule has 6 nitrogen and oxygen atoms in total. The van der Waals surface area contributed by atoms with Crippen LogP contribution in [0.2, 0.25) is 0 Å².